The number of benzene rings is 12. The highest BCUT2D eigenvalue weighted by molar-refractivity contribution is 6.23. The Bertz CT molecular complexity index is 4140. The van der Waals surface area contributed by atoms with Crippen molar-refractivity contribution < 1.29 is 0 Å². The molecule has 3 nitrogen and oxygen atoms in total. The van der Waals surface area contributed by atoms with E-state index in [-0.39, 0.29) is 0 Å². The second kappa shape index (κ2) is 15.3. The minimum Gasteiger partial charge on any atom is -0.309 e. The molecule has 14 aromatic rings. The molecule has 3 heteroatoms. The molecule has 0 aliphatic carbocycles. The third-order valence-electron chi connectivity index (χ3n) is 14.1. The van der Waals surface area contributed by atoms with Gasteiger partial charge < -0.3 is 4.90 Å². The molecule has 0 unspecified atom stereocenters. The average molecular weight is 864 g/mol. The van der Waals surface area contributed by atoms with Gasteiger partial charge in [0.2, 0.25) is 0 Å². The van der Waals surface area contributed by atoms with Gasteiger partial charge in [-0.05, 0) is 137 Å². The maximum Gasteiger partial charge on any atom is 0.145 e. The van der Waals surface area contributed by atoms with Gasteiger partial charge >= 0.3 is 0 Å². The van der Waals surface area contributed by atoms with Crippen molar-refractivity contribution in [3.63, 3.8) is 0 Å². The molecular formula is C65H41N3. The standard InChI is InChI=1S/C65H41N3/c1-2-17-42(18-3-1)63-54-27-12-14-29-56(54)64(57-30-15-13-28-55(57)63)45-32-37-60-59(39-45)58-31-16-38-66-65(58)68(60)47-35-33-46(34-36-47)67(61-40-43-19-4-6-21-48(43)50-23-8-10-25-52(50)61)62-41-44-20-5-7-22-49(44)51-24-9-11-26-53(51)62/h1-41H. The van der Waals surface area contributed by atoms with Crippen LogP contribution in [0.3, 0.4) is 0 Å². The second-order valence-corrected chi connectivity index (χ2v) is 17.8. The zero-order chi connectivity index (χ0) is 44.7. The molecule has 0 amide bonds. The first-order valence-electron chi connectivity index (χ1n) is 23.4. The SMILES string of the molecule is c1ccc(-c2c3ccccc3c(-c3ccc4c(c3)c3cccnc3n4-c3ccc(N(c4cc5ccccc5c5ccccc45)c4cc5ccccc5c5ccccc45)cc3)c3ccccc23)cc1. The number of aromatic nitrogens is 2. The Morgan fingerprint density at radius 2 is 0.765 bits per heavy atom. The van der Waals surface area contributed by atoms with Crippen LogP contribution >= 0.6 is 0 Å². The summed E-state index contributed by atoms with van der Waals surface area (Å²) in [5, 5.41) is 17.0. The van der Waals surface area contributed by atoms with Crippen molar-refractivity contribution in [3.05, 3.63) is 249 Å². The Labute approximate surface area is 393 Å². The Kier molecular flexibility index (Phi) is 8.59. The molecule has 68 heavy (non-hydrogen) atoms. The lowest BCUT2D eigenvalue weighted by Crippen LogP contribution is -2.11. The summed E-state index contributed by atoms with van der Waals surface area (Å²) < 4.78 is 2.33. The van der Waals surface area contributed by atoms with E-state index in [0.29, 0.717) is 0 Å². The fraction of sp³-hybridized carbons (Fsp3) is 0. The molecule has 0 bridgehead atoms. The summed E-state index contributed by atoms with van der Waals surface area (Å²) >= 11 is 0. The molecule has 0 radical (unpaired) electrons. The highest BCUT2D eigenvalue weighted by atomic mass is 15.1. The highest BCUT2D eigenvalue weighted by Gasteiger charge is 2.23. The van der Waals surface area contributed by atoms with Crippen LogP contribution in [0.1, 0.15) is 0 Å². The van der Waals surface area contributed by atoms with Gasteiger partial charge in [-0.1, -0.05) is 182 Å². The summed E-state index contributed by atoms with van der Waals surface area (Å²) in [6.07, 6.45) is 1.91. The predicted molar refractivity (Wildman–Crippen MR) is 289 cm³/mol. The minimum atomic E-state index is 0.930. The molecule has 0 aliphatic rings. The van der Waals surface area contributed by atoms with Crippen molar-refractivity contribution in [2.75, 3.05) is 4.90 Å². The van der Waals surface area contributed by atoms with Gasteiger partial charge in [-0.25, -0.2) is 4.98 Å². The number of pyridine rings is 1. The van der Waals surface area contributed by atoms with Gasteiger partial charge in [0.15, 0.2) is 0 Å². The van der Waals surface area contributed by atoms with Crippen LogP contribution in [0.25, 0.3) is 115 Å². The number of anilines is 3. The first-order valence-corrected chi connectivity index (χ1v) is 23.4. The third kappa shape index (κ3) is 5.82. The van der Waals surface area contributed by atoms with Crippen LogP contribution in [0.2, 0.25) is 0 Å². The lowest BCUT2D eigenvalue weighted by Gasteiger charge is -2.29. The Morgan fingerprint density at radius 1 is 0.309 bits per heavy atom. The van der Waals surface area contributed by atoms with Crippen LogP contribution in [0.5, 0.6) is 0 Å². The molecule has 2 aromatic heterocycles. The predicted octanol–water partition coefficient (Wildman–Crippen LogP) is 17.9. The molecular weight excluding hydrogens is 823 g/mol. The molecule has 0 aliphatic heterocycles. The summed E-state index contributed by atoms with van der Waals surface area (Å²) in [4.78, 5) is 7.55. The maximum absolute atomic E-state index is 5.07. The van der Waals surface area contributed by atoms with E-state index in [9.17, 15) is 0 Å². The molecule has 0 N–H and O–H groups in total. The van der Waals surface area contributed by atoms with Gasteiger partial charge in [0.1, 0.15) is 5.65 Å². The number of hydrogen-bond acceptors (Lipinski definition) is 2. The van der Waals surface area contributed by atoms with E-state index in [4.69, 9.17) is 4.98 Å². The highest BCUT2D eigenvalue weighted by Crippen LogP contribution is 2.48. The zero-order valence-electron chi connectivity index (χ0n) is 37.0. The number of rotatable bonds is 6. The fourth-order valence-electron chi connectivity index (χ4n) is 11.2. The van der Waals surface area contributed by atoms with E-state index in [1.165, 1.54) is 92.3 Å². The van der Waals surface area contributed by atoms with Gasteiger partial charge in [0.05, 0.1) is 16.9 Å². The Morgan fingerprint density at radius 3 is 1.32 bits per heavy atom. The van der Waals surface area contributed by atoms with Crippen LogP contribution in [0.4, 0.5) is 17.1 Å². The first kappa shape index (κ1) is 38.2. The molecule has 0 atom stereocenters. The summed E-state index contributed by atoms with van der Waals surface area (Å²) in [7, 11) is 0. The van der Waals surface area contributed by atoms with E-state index in [0.717, 1.165) is 39.3 Å². The van der Waals surface area contributed by atoms with Crippen molar-refractivity contribution in [1.29, 1.82) is 0 Å². The molecule has 14 rings (SSSR count). The van der Waals surface area contributed by atoms with Crippen molar-refractivity contribution in [2.24, 2.45) is 0 Å². The van der Waals surface area contributed by atoms with Crippen LogP contribution in [-0.4, -0.2) is 9.55 Å². The summed E-state index contributed by atoms with van der Waals surface area (Å²) in [5.74, 6) is 0. The van der Waals surface area contributed by atoms with Crippen LogP contribution < -0.4 is 4.90 Å². The largest absolute Gasteiger partial charge is 0.309 e. The number of hydrogen-bond donors (Lipinski definition) is 0. The summed E-state index contributed by atoms with van der Waals surface area (Å²) in [6.45, 7) is 0. The summed E-state index contributed by atoms with van der Waals surface area (Å²) in [6, 6.07) is 88.8. The molecule has 0 spiro atoms. The van der Waals surface area contributed by atoms with Gasteiger partial charge in [0, 0.05) is 39.1 Å². The average Bonchev–Trinajstić information content (AvgIpc) is 3.74. The van der Waals surface area contributed by atoms with E-state index >= 15 is 0 Å². The van der Waals surface area contributed by atoms with Gasteiger partial charge in [0.25, 0.3) is 0 Å². The topological polar surface area (TPSA) is 21.1 Å². The molecule has 0 saturated carbocycles. The molecule has 2 heterocycles. The molecule has 0 saturated heterocycles. The van der Waals surface area contributed by atoms with Gasteiger partial charge in [-0.2, -0.15) is 0 Å². The maximum atomic E-state index is 5.07. The van der Waals surface area contributed by atoms with E-state index in [2.05, 4.69) is 252 Å². The third-order valence-corrected chi connectivity index (χ3v) is 14.1. The Balaban J connectivity index is 0.970. The lowest BCUT2D eigenvalue weighted by molar-refractivity contribution is 1.13. The molecule has 316 valence electrons. The monoisotopic (exact) mass is 863 g/mol. The zero-order valence-corrected chi connectivity index (χ0v) is 37.0. The van der Waals surface area contributed by atoms with E-state index in [1.54, 1.807) is 0 Å². The fourth-order valence-corrected chi connectivity index (χ4v) is 11.2. The number of fused-ring (bicyclic) bond motifs is 11. The van der Waals surface area contributed by atoms with Crippen molar-refractivity contribution >= 4 is 104 Å². The minimum absolute atomic E-state index is 0.930. The van der Waals surface area contributed by atoms with Crippen LogP contribution in [0.15, 0.2) is 249 Å². The lowest BCUT2D eigenvalue weighted by atomic mass is 9.86. The second-order valence-electron chi connectivity index (χ2n) is 17.8. The first-order chi connectivity index (χ1) is 33.8. The van der Waals surface area contributed by atoms with E-state index < -0.39 is 0 Å². The molecule has 0 fully saturated rings. The normalized spacial score (nSPS) is 11.8. The van der Waals surface area contributed by atoms with E-state index in [1.807, 2.05) is 6.20 Å². The van der Waals surface area contributed by atoms with Crippen LogP contribution in [-0.2, 0) is 0 Å². The Hall–Kier alpha value is -9.05. The van der Waals surface area contributed by atoms with Gasteiger partial charge in [-0.15, -0.1) is 0 Å². The van der Waals surface area contributed by atoms with Crippen LogP contribution in [0, 0.1) is 0 Å². The van der Waals surface area contributed by atoms with Gasteiger partial charge in [-0.3, -0.25) is 4.57 Å². The quantitative estimate of drug-likeness (QED) is 0.123. The van der Waals surface area contributed by atoms with Crippen molar-refractivity contribution in [2.45, 2.75) is 0 Å². The summed E-state index contributed by atoms with van der Waals surface area (Å²) in [5.41, 5.74) is 11.4. The number of nitrogens with zero attached hydrogens (tertiary/aromatic N) is 3. The smallest absolute Gasteiger partial charge is 0.145 e. The van der Waals surface area contributed by atoms with Crippen molar-refractivity contribution in [1.82, 2.24) is 9.55 Å². The van der Waals surface area contributed by atoms with Crippen molar-refractivity contribution in [3.8, 4) is 27.9 Å². The molecule has 12 aromatic carbocycles.